The maximum atomic E-state index is 13.3. The lowest BCUT2D eigenvalue weighted by Crippen LogP contribution is -2.32. The number of halogens is 1. The topological polar surface area (TPSA) is 58.6 Å². The van der Waals surface area contributed by atoms with Gasteiger partial charge < -0.3 is 10.1 Å². The zero-order valence-corrected chi connectivity index (χ0v) is 17.0. The van der Waals surface area contributed by atoms with Gasteiger partial charge >= 0.3 is 0 Å². The van der Waals surface area contributed by atoms with Gasteiger partial charge in [0.2, 0.25) is 0 Å². The van der Waals surface area contributed by atoms with Gasteiger partial charge in [-0.2, -0.15) is 0 Å². The Hall–Kier alpha value is -3.57. The van der Waals surface area contributed by atoms with Crippen molar-refractivity contribution >= 4 is 40.4 Å². The van der Waals surface area contributed by atoms with Crippen LogP contribution in [0.2, 0.25) is 5.02 Å². The number of imide groups is 1. The second-order valence-corrected chi connectivity index (χ2v) is 7.06. The van der Waals surface area contributed by atoms with E-state index in [1.165, 1.54) is 0 Å². The number of rotatable bonds is 6. The van der Waals surface area contributed by atoms with Crippen molar-refractivity contribution in [1.82, 2.24) is 0 Å². The van der Waals surface area contributed by atoms with Crippen LogP contribution in [0.3, 0.4) is 0 Å². The van der Waals surface area contributed by atoms with Gasteiger partial charge in [0.25, 0.3) is 11.8 Å². The summed E-state index contributed by atoms with van der Waals surface area (Å²) in [6.07, 6.45) is 0. The number of nitrogens with one attached hydrogen (secondary N) is 1. The summed E-state index contributed by atoms with van der Waals surface area (Å²) < 4.78 is 5.54. The predicted molar refractivity (Wildman–Crippen MR) is 119 cm³/mol. The van der Waals surface area contributed by atoms with Crippen molar-refractivity contribution < 1.29 is 14.3 Å². The van der Waals surface area contributed by atoms with Gasteiger partial charge in [-0.15, -0.1) is 0 Å². The standard InChI is InChI=1S/C24H19ClN2O3/c1-2-30-20-10-6-9-18(15-20)26-22-21(16-7-4-3-5-8-16)23(28)27(24(22)29)19-13-11-17(25)12-14-19/h3-15,26H,2H2,1H3. The number of amides is 2. The zero-order valence-electron chi connectivity index (χ0n) is 16.3. The summed E-state index contributed by atoms with van der Waals surface area (Å²) in [6.45, 7) is 2.43. The Morgan fingerprint density at radius 3 is 2.33 bits per heavy atom. The van der Waals surface area contributed by atoms with Gasteiger partial charge in [-0.1, -0.05) is 48.0 Å². The molecule has 30 heavy (non-hydrogen) atoms. The molecular weight excluding hydrogens is 400 g/mol. The molecule has 0 atom stereocenters. The van der Waals surface area contributed by atoms with Crippen LogP contribution >= 0.6 is 11.6 Å². The lowest BCUT2D eigenvalue weighted by molar-refractivity contribution is -0.120. The van der Waals surface area contributed by atoms with E-state index in [9.17, 15) is 9.59 Å². The van der Waals surface area contributed by atoms with Crippen LogP contribution in [0.5, 0.6) is 5.75 Å². The average molecular weight is 419 g/mol. The van der Waals surface area contributed by atoms with E-state index in [0.29, 0.717) is 39.9 Å². The average Bonchev–Trinajstić information content (AvgIpc) is 2.99. The second kappa shape index (κ2) is 8.43. The zero-order chi connectivity index (χ0) is 21.1. The molecular formula is C24H19ClN2O3. The SMILES string of the molecule is CCOc1cccc(NC2=C(c3ccccc3)C(=O)N(c3ccc(Cl)cc3)C2=O)c1. The van der Waals surface area contributed by atoms with Gasteiger partial charge in [-0.05, 0) is 48.9 Å². The maximum absolute atomic E-state index is 13.3. The number of ether oxygens (including phenoxy) is 1. The fourth-order valence-electron chi connectivity index (χ4n) is 3.32. The first-order valence-electron chi connectivity index (χ1n) is 9.52. The van der Waals surface area contributed by atoms with Crippen LogP contribution in [-0.4, -0.2) is 18.4 Å². The Kier molecular flexibility index (Phi) is 5.55. The van der Waals surface area contributed by atoms with E-state index in [1.54, 1.807) is 30.3 Å². The van der Waals surface area contributed by atoms with E-state index in [1.807, 2.05) is 55.5 Å². The van der Waals surface area contributed by atoms with Crippen molar-refractivity contribution in [3.05, 3.63) is 95.1 Å². The summed E-state index contributed by atoms with van der Waals surface area (Å²) in [5.41, 5.74) is 2.31. The quantitative estimate of drug-likeness (QED) is 0.563. The van der Waals surface area contributed by atoms with Crippen LogP contribution < -0.4 is 15.0 Å². The normalized spacial score (nSPS) is 13.7. The summed E-state index contributed by atoms with van der Waals surface area (Å²) in [5.74, 6) is -0.143. The molecule has 1 aliphatic heterocycles. The van der Waals surface area contributed by atoms with Crippen molar-refractivity contribution in [2.75, 3.05) is 16.8 Å². The van der Waals surface area contributed by atoms with Crippen molar-refractivity contribution in [1.29, 1.82) is 0 Å². The molecule has 1 N–H and O–H groups in total. The first-order valence-corrected chi connectivity index (χ1v) is 9.90. The number of hydrogen-bond acceptors (Lipinski definition) is 4. The monoisotopic (exact) mass is 418 g/mol. The Labute approximate surface area is 179 Å². The molecule has 5 nitrogen and oxygen atoms in total. The Morgan fingerprint density at radius 1 is 0.900 bits per heavy atom. The van der Waals surface area contributed by atoms with Crippen LogP contribution in [0.25, 0.3) is 5.57 Å². The number of nitrogens with zero attached hydrogens (tertiary/aromatic N) is 1. The summed E-state index contributed by atoms with van der Waals surface area (Å²) in [5, 5.41) is 3.67. The summed E-state index contributed by atoms with van der Waals surface area (Å²) >= 11 is 5.97. The number of benzene rings is 3. The molecule has 1 heterocycles. The molecule has 0 aromatic heterocycles. The van der Waals surface area contributed by atoms with Gasteiger partial charge in [-0.25, -0.2) is 4.90 Å². The fourth-order valence-corrected chi connectivity index (χ4v) is 3.44. The van der Waals surface area contributed by atoms with Crippen LogP contribution in [0.1, 0.15) is 12.5 Å². The molecule has 1 aliphatic rings. The number of hydrogen-bond donors (Lipinski definition) is 1. The van der Waals surface area contributed by atoms with E-state index < -0.39 is 11.8 Å². The third-order valence-electron chi connectivity index (χ3n) is 4.65. The molecule has 150 valence electrons. The number of carbonyl (C=O) groups excluding carboxylic acids is 2. The molecule has 3 aromatic carbocycles. The minimum Gasteiger partial charge on any atom is -0.494 e. The van der Waals surface area contributed by atoms with Crippen molar-refractivity contribution in [3.8, 4) is 5.75 Å². The maximum Gasteiger partial charge on any atom is 0.282 e. The third kappa shape index (κ3) is 3.80. The lowest BCUT2D eigenvalue weighted by atomic mass is 10.0. The lowest BCUT2D eigenvalue weighted by Gasteiger charge is -2.15. The molecule has 0 spiro atoms. The molecule has 4 rings (SSSR count). The van der Waals surface area contributed by atoms with Crippen LogP contribution in [0.15, 0.2) is 84.6 Å². The van der Waals surface area contributed by atoms with Gasteiger partial charge in [-0.3, -0.25) is 9.59 Å². The van der Waals surface area contributed by atoms with E-state index in [4.69, 9.17) is 16.3 Å². The van der Waals surface area contributed by atoms with Crippen LogP contribution in [-0.2, 0) is 9.59 Å². The molecule has 0 fully saturated rings. The molecule has 2 amide bonds. The second-order valence-electron chi connectivity index (χ2n) is 6.62. The molecule has 0 saturated heterocycles. The molecule has 0 unspecified atom stereocenters. The Morgan fingerprint density at radius 2 is 1.63 bits per heavy atom. The van der Waals surface area contributed by atoms with E-state index in [2.05, 4.69) is 5.32 Å². The molecule has 0 aliphatic carbocycles. The fraction of sp³-hybridized carbons (Fsp3) is 0.0833. The first kappa shape index (κ1) is 19.7. The Balaban J connectivity index is 1.77. The first-order chi connectivity index (χ1) is 14.6. The molecule has 0 bridgehead atoms. The van der Waals surface area contributed by atoms with Gasteiger partial charge in [0.15, 0.2) is 0 Å². The van der Waals surface area contributed by atoms with E-state index >= 15 is 0 Å². The largest absolute Gasteiger partial charge is 0.494 e. The summed E-state index contributed by atoms with van der Waals surface area (Å²) in [6, 6.07) is 23.0. The van der Waals surface area contributed by atoms with Crippen LogP contribution in [0, 0.1) is 0 Å². The minimum absolute atomic E-state index is 0.217. The smallest absolute Gasteiger partial charge is 0.282 e. The summed E-state index contributed by atoms with van der Waals surface area (Å²) in [4.78, 5) is 27.8. The summed E-state index contributed by atoms with van der Waals surface area (Å²) in [7, 11) is 0. The highest BCUT2D eigenvalue weighted by Gasteiger charge is 2.40. The molecule has 0 radical (unpaired) electrons. The highest BCUT2D eigenvalue weighted by Crippen LogP contribution is 2.34. The molecule has 6 heteroatoms. The van der Waals surface area contributed by atoms with Crippen molar-refractivity contribution in [2.24, 2.45) is 0 Å². The van der Waals surface area contributed by atoms with E-state index in [-0.39, 0.29) is 5.70 Å². The predicted octanol–water partition coefficient (Wildman–Crippen LogP) is 5.14. The van der Waals surface area contributed by atoms with Crippen molar-refractivity contribution in [3.63, 3.8) is 0 Å². The van der Waals surface area contributed by atoms with Crippen molar-refractivity contribution in [2.45, 2.75) is 6.92 Å². The third-order valence-corrected chi connectivity index (χ3v) is 4.90. The van der Waals surface area contributed by atoms with Gasteiger partial charge in [0.1, 0.15) is 11.4 Å². The van der Waals surface area contributed by atoms with Crippen LogP contribution in [0.4, 0.5) is 11.4 Å². The Bertz CT molecular complexity index is 1120. The van der Waals surface area contributed by atoms with Gasteiger partial charge in [0, 0.05) is 16.8 Å². The highest BCUT2D eigenvalue weighted by atomic mass is 35.5. The molecule has 0 saturated carbocycles. The molecule has 3 aromatic rings. The minimum atomic E-state index is -0.428. The highest BCUT2D eigenvalue weighted by molar-refractivity contribution is 6.46. The van der Waals surface area contributed by atoms with E-state index in [0.717, 1.165) is 4.90 Å². The van der Waals surface area contributed by atoms with Gasteiger partial charge in [0.05, 0.1) is 17.9 Å². The number of carbonyl (C=O) groups is 2. The number of anilines is 2.